The molecule has 0 aliphatic heterocycles. The van der Waals surface area contributed by atoms with Crippen LogP contribution in [0.4, 0.5) is 4.39 Å². The minimum atomic E-state index is -0.675. The van der Waals surface area contributed by atoms with Gasteiger partial charge in [0.2, 0.25) is 0 Å². The third-order valence-electron chi connectivity index (χ3n) is 2.69. The van der Waals surface area contributed by atoms with Crippen LogP contribution in [0.25, 0.3) is 10.1 Å². The number of hydrogen-bond donors (Lipinski definition) is 2. The van der Waals surface area contributed by atoms with Gasteiger partial charge in [0, 0.05) is 21.5 Å². The maximum atomic E-state index is 13.1. The Kier molecular flexibility index (Phi) is 2.46. The predicted octanol–water partition coefficient (Wildman–Crippen LogP) is 3.45. The van der Waals surface area contributed by atoms with Crippen molar-refractivity contribution in [2.45, 2.75) is 6.10 Å². The first kappa shape index (κ1) is 10.5. The third kappa shape index (κ3) is 1.85. The molecule has 0 spiro atoms. The molecule has 3 aromatic rings. The van der Waals surface area contributed by atoms with E-state index in [0.717, 1.165) is 20.7 Å². The second-order valence-electron chi connectivity index (χ2n) is 3.86. The van der Waals surface area contributed by atoms with E-state index in [-0.39, 0.29) is 5.82 Å². The van der Waals surface area contributed by atoms with Crippen LogP contribution in [0.15, 0.2) is 42.6 Å². The summed E-state index contributed by atoms with van der Waals surface area (Å²) in [6, 6.07) is 10.2. The molecule has 4 heteroatoms. The van der Waals surface area contributed by atoms with Gasteiger partial charge in [-0.25, -0.2) is 4.39 Å². The van der Waals surface area contributed by atoms with Crippen molar-refractivity contribution >= 4 is 21.4 Å². The lowest BCUT2D eigenvalue weighted by atomic mass is 10.2. The maximum absolute atomic E-state index is 13.1. The summed E-state index contributed by atoms with van der Waals surface area (Å²) in [5.74, 6) is -0.250. The summed E-state index contributed by atoms with van der Waals surface area (Å²) in [5, 5.41) is 11.1. The molecule has 1 atom stereocenters. The van der Waals surface area contributed by atoms with Crippen LogP contribution in [0.5, 0.6) is 0 Å². The fraction of sp³-hybridized carbons (Fsp3) is 0.0769. The number of hydrogen-bond acceptors (Lipinski definition) is 2. The first-order valence-corrected chi connectivity index (χ1v) is 6.06. The average molecular weight is 247 g/mol. The highest BCUT2D eigenvalue weighted by molar-refractivity contribution is 7.19. The number of aliphatic hydroxyl groups excluding tert-OH is 1. The lowest BCUT2D eigenvalue weighted by Gasteiger charge is -2.04. The Morgan fingerprint density at radius 2 is 2.12 bits per heavy atom. The van der Waals surface area contributed by atoms with Crippen LogP contribution in [0.1, 0.15) is 16.7 Å². The van der Waals surface area contributed by atoms with Crippen LogP contribution in [0.2, 0.25) is 0 Å². The number of benzene rings is 1. The normalized spacial score (nSPS) is 13.1. The molecule has 2 aromatic heterocycles. The van der Waals surface area contributed by atoms with Crippen molar-refractivity contribution in [2.24, 2.45) is 0 Å². The highest BCUT2D eigenvalue weighted by Gasteiger charge is 2.14. The SMILES string of the molecule is OC(c1ccc[nH]1)c1cc2ccc(F)cc2s1. The number of H-pyrrole nitrogens is 1. The molecular weight excluding hydrogens is 237 g/mol. The van der Waals surface area contributed by atoms with Crippen molar-refractivity contribution in [2.75, 3.05) is 0 Å². The van der Waals surface area contributed by atoms with Crippen molar-refractivity contribution in [3.05, 3.63) is 59.0 Å². The van der Waals surface area contributed by atoms with E-state index in [1.165, 1.54) is 23.5 Å². The molecule has 1 unspecified atom stereocenters. The van der Waals surface area contributed by atoms with E-state index >= 15 is 0 Å². The number of fused-ring (bicyclic) bond motifs is 1. The van der Waals surface area contributed by atoms with Gasteiger partial charge in [-0.15, -0.1) is 11.3 Å². The molecule has 0 fully saturated rings. The highest BCUT2D eigenvalue weighted by Crippen LogP contribution is 2.32. The molecule has 2 N–H and O–H groups in total. The Morgan fingerprint density at radius 3 is 2.88 bits per heavy atom. The number of aromatic amines is 1. The van der Waals surface area contributed by atoms with Crippen LogP contribution in [0, 0.1) is 5.82 Å². The van der Waals surface area contributed by atoms with Crippen LogP contribution in [0.3, 0.4) is 0 Å². The summed E-state index contributed by atoms with van der Waals surface area (Å²) in [4.78, 5) is 3.79. The maximum Gasteiger partial charge on any atom is 0.128 e. The topological polar surface area (TPSA) is 36.0 Å². The first-order chi connectivity index (χ1) is 8.24. The summed E-state index contributed by atoms with van der Waals surface area (Å²) >= 11 is 1.41. The van der Waals surface area contributed by atoms with E-state index < -0.39 is 6.10 Å². The fourth-order valence-electron chi connectivity index (χ4n) is 1.83. The number of aromatic nitrogens is 1. The number of nitrogens with one attached hydrogen (secondary N) is 1. The zero-order valence-corrected chi connectivity index (χ0v) is 9.67. The summed E-state index contributed by atoms with van der Waals surface area (Å²) < 4.78 is 13.9. The van der Waals surface area contributed by atoms with Crippen LogP contribution in [-0.2, 0) is 0 Å². The number of aliphatic hydroxyl groups is 1. The highest BCUT2D eigenvalue weighted by atomic mass is 32.1. The molecule has 0 aliphatic rings. The lowest BCUT2D eigenvalue weighted by molar-refractivity contribution is 0.220. The smallest absolute Gasteiger partial charge is 0.128 e. The van der Waals surface area contributed by atoms with Crippen molar-refractivity contribution < 1.29 is 9.50 Å². The number of rotatable bonds is 2. The standard InChI is InChI=1S/C13H10FNOS/c14-9-4-3-8-6-12(17-11(8)7-9)13(16)10-2-1-5-15-10/h1-7,13,15-16H. The predicted molar refractivity (Wildman–Crippen MR) is 66.6 cm³/mol. The van der Waals surface area contributed by atoms with Gasteiger partial charge in [-0.3, -0.25) is 0 Å². The van der Waals surface area contributed by atoms with Gasteiger partial charge >= 0.3 is 0 Å². The molecule has 2 nitrogen and oxygen atoms in total. The molecule has 86 valence electrons. The third-order valence-corrected chi connectivity index (χ3v) is 3.84. The largest absolute Gasteiger partial charge is 0.381 e. The zero-order valence-electron chi connectivity index (χ0n) is 8.85. The zero-order chi connectivity index (χ0) is 11.8. The second kappa shape index (κ2) is 3.98. The fourth-order valence-corrected chi connectivity index (χ4v) is 2.92. The molecule has 3 rings (SSSR count). The Labute approximate surface area is 101 Å². The second-order valence-corrected chi connectivity index (χ2v) is 4.97. The van der Waals surface area contributed by atoms with Gasteiger partial charge in [0.25, 0.3) is 0 Å². The lowest BCUT2D eigenvalue weighted by Crippen LogP contribution is -1.96. The van der Waals surface area contributed by atoms with E-state index in [1.807, 2.05) is 18.2 Å². The van der Waals surface area contributed by atoms with E-state index in [1.54, 1.807) is 12.3 Å². The van der Waals surface area contributed by atoms with Crippen molar-refractivity contribution in [3.63, 3.8) is 0 Å². The van der Waals surface area contributed by atoms with Gasteiger partial charge in [0.1, 0.15) is 11.9 Å². The molecule has 0 amide bonds. The molecule has 2 heterocycles. The Morgan fingerprint density at radius 1 is 1.24 bits per heavy atom. The van der Waals surface area contributed by atoms with Crippen molar-refractivity contribution in [1.29, 1.82) is 0 Å². The molecule has 0 radical (unpaired) electrons. The average Bonchev–Trinajstić information content (AvgIpc) is 2.96. The van der Waals surface area contributed by atoms with E-state index in [2.05, 4.69) is 4.98 Å². The van der Waals surface area contributed by atoms with Gasteiger partial charge in [-0.1, -0.05) is 6.07 Å². The molecule has 0 saturated heterocycles. The molecule has 0 aliphatic carbocycles. The number of thiophene rings is 1. The van der Waals surface area contributed by atoms with E-state index in [0.29, 0.717) is 0 Å². The van der Waals surface area contributed by atoms with Crippen LogP contribution < -0.4 is 0 Å². The van der Waals surface area contributed by atoms with Gasteiger partial charge in [0.05, 0.1) is 0 Å². The summed E-state index contributed by atoms with van der Waals surface area (Å²) in [6.07, 6.45) is 1.09. The Hall–Kier alpha value is -1.65. The van der Waals surface area contributed by atoms with E-state index in [9.17, 15) is 9.50 Å². The van der Waals surface area contributed by atoms with E-state index in [4.69, 9.17) is 0 Å². The Bertz CT molecular complexity index is 645. The van der Waals surface area contributed by atoms with Gasteiger partial charge < -0.3 is 10.1 Å². The van der Waals surface area contributed by atoms with Gasteiger partial charge in [-0.05, 0) is 35.7 Å². The van der Waals surface area contributed by atoms with Crippen molar-refractivity contribution in [3.8, 4) is 0 Å². The van der Waals surface area contributed by atoms with Crippen LogP contribution in [-0.4, -0.2) is 10.1 Å². The Balaban J connectivity index is 2.06. The molecule has 17 heavy (non-hydrogen) atoms. The molecule has 1 aromatic carbocycles. The summed E-state index contributed by atoms with van der Waals surface area (Å²) in [7, 11) is 0. The van der Waals surface area contributed by atoms with Crippen molar-refractivity contribution in [1.82, 2.24) is 4.98 Å². The summed E-state index contributed by atoms with van der Waals surface area (Å²) in [5.41, 5.74) is 0.747. The summed E-state index contributed by atoms with van der Waals surface area (Å²) in [6.45, 7) is 0. The monoisotopic (exact) mass is 247 g/mol. The number of halogens is 1. The van der Waals surface area contributed by atoms with Gasteiger partial charge in [-0.2, -0.15) is 0 Å². The quantitative estimate of drug-likeness (QED) is 0.715. The first-order valence-electron chi connectivity index (χ1n) is 5.24. The molecule has 0 saturated carbocycles. The van der Waals surface area contributed by atoms with Gasteiger partial charge in [0.15, 0.2) is 0 Å². The minimum Gasteiger partial charge on any atom is -0.381 e. The van der Waals surface area contributed by atoms with Crippen LogP contribution >= 0.6 is 11.3 Å². The molecular formula is C13H10FNOS. The molecule has 0 bridgehead atoms. The minimum absolute atomic E-state index is 0.250.